The van der Waals surface area contributed by atoms with Gasteiger partial charge in [-0.25, -0.2) is 0 Å². The lowest BCUT2D eigenvalue weighted by atomic mass is 9.97. The predicted octanol–water partition coefficient (Wildman–Crippen LogP) is 3.01. The molecule has 1 N–H and O–H groups in total. The number of aryl methyl sites for hydroxylation is 1. The predicted molar refractivity (Wildman–Crippen MR) is 83.2 cm³/mol. The van der Waals surface area contributed by atoms with Crippen molar-refractivity contribution < 1.29 is 4.79 Å². The minimum atomic E-state index is -0.101. The molecule has 0 saturated heterocycles. The van der Waals surface area contributed by atoms with Crippen LogP contribution < -0.4 is 5.32 Å². The minimum Gasteiger partial charge on any atom is -0.344 e. The smallest absolute Gasteiger partial charge is 0.265 e. The minimum absolute atomic E-state index is 0.0669. The summed E-state index contributed by atoms with van der Waals surface area (Å²) in [6.07, 6.45) is 5.25. The quantitative estimate of drug-likeness (QED) is 0.890. The van der Waals surface area contributed by atoms with Gasteiger partial charge < -0.3 is 5.32 Å². The first-order valence-electron chi connectivity index (χ1n) is 7.15. The van der Waals surface area contributed by atoms with Crippen LogP contribution in [0.2, 0.25) is 0 Å². The molecule has 0 aliphatic heterocycles. The Kier molecular flexibility index (Phi) is 5.38. The van der Waals surface area contributed by atoms with Crippen LogP contribution in [0.15, 0.2) is 24.5 Å². The molecule has 2 aromatic rings. The van der Waals surface area contributed by atoms with Gasteiger partial charge in [0.1, 0.15) is 4.88 Å². The van der Waals surface area contributed by atoms with Crippen LogP contribution in [-0.4, -0.2) is 20.5 Å². The van der Waals surface area contributed by atoms with E-state index in [0.29, 0.717) is 4.88 Å². The van der Waals surface area contributed by atoms with Gasteiger partial charge in [0, 0.05) is 12.4 Å². The summed E-state index contributed by atoms with van der Waals surface area (Å²) in [5.74, 6) is 0.171. The van der Waals surface area contributed by atoms with E-state index >= 15 is 0 Å². The van der Waals surface area contributed by atoms with Crippen LogP contribution in [0.1, 0.15) is 54.2 Å². The van der Waals surface area contributed by atoms with Crippen molar-refractivity contribution in [3.8, 4) is 0 Å². The van der Waals surface area contributed by atoms with E-state index in [4.69, 9.17) is 0 Å². The average Bonchev–Trinajstić information content (AvgIpc) is 2.94. The highest BCUT2D eigenvalue weighted by molar-refractivity contribution is 7.08. The molecule has 0 aromatic carbocycles. The van der Waals surface area contributed by atoms with Gasteiger partial charge in [-0.1, -0.05) is 37.7 Å². The summed E-state index contributed by atoms with van der Waals surface area (Å²) in [5.41, 5.74) is 1.80. The summed E-state index contributed by atoms with van der Waals surface area (Å²) in [4.78, 5) is 17.2. The molecule has 1 atom stereocenters. The highest BCUT2D eigenvalue weighted by atomic mass is 32.1. The number of nitrogens with zero attached hydrogens (tertiary/aromatic N) is 3. The third-order valence-corrected chi connectivity index (χ3v) is 4.01. The van der Waals surface area contributed by atoms with E-state index in [-0.39, 0.29) is 17.9 Å². The third-order valence-electron chi connectivity index (χ3n) is 3.25. The molecule has 2 aromatic heterocycles. The molecule has 0 aliphatic carbocycles. The molecule has 5 nitrogen and oxygen atoms in total. The van der Waals surface area contributed by atoms with Gasteiger partial charge >= 0.3 is 0 Å². The van der Waals surface area contributed by atoms with E-state index < -0.39 is 0 Å². The van der Waals surface area contributed by atoms with Crippen molar-refractivity contribution >= 4 is 17.4 Å². The first-order chi connectivity index (χ1) is 10.1. The maximum Gasteiger partial charge on any atom is 0.265 e. The first-order valence-corrected chi connectivity index (χ1v) is 7.92. The van der Waals surface area contributed by atoms with Gasteiger partial charge in [0.25, 0.3) is 5.91 Å². The Labute approximate surface area is 129 Å². The van der Waals surface area contributed by atoms with Gasteiger partial charge in [-0.15, -0.1) is 5.10 Å². The number of pyridine rings is 1. The lowest BCUT2D eigenvalue weighted by molar-refractivity contribution is 0.0928. The molecule has 2 rings (SSSR count). The van der Waals surface area contributed by atoms with Crippen molar-refractivity contribution in [2.24, 2.45) is 5.92 Å². The fraction of sp³-hybridized carbons (Fsp3) is 0.467. The van der Waals surface area contributed by atoms with Crippen molar-refractivity contribution in [3.63, 3.8) is 0 Å². The standard InChI is InChI=1S/C15H20N4OS/c1-4-6-12-14(21-19-18-12)15(20)17-13(10(2)3)11-7-5-8-16-9-11/h5,7-10,13H,4,6H2,1-3H3,(H,17,20)/t13-/m1/s1. The zero-order chi connectivity index (χ0) is 15.2. The second-order valence-electron chi connectivity index (χ2n) is 5.28. The van der Waals surface area contributed by atoms with Crippen molar-refractivity contribution in [2.45, 2.75) is 39.7 Å². The molecule has 0 saturated carbocycles. The van der Waals surface area contributed by atoms with Gasteiger partial charge in [0.2, 0.25) is 0 Å². The molecular formula is C15H20N4OS. The fourth-order valence-corrected chi connectivity index (χ4v) is 2.79. The van der Waals surface area contributed by atoms with Crippen molar-refractivity contribution in [1.82, 2.24) is 19.9 Å². The summed E-state index contributed by atoms with van der Waals surface area (Å²) in [5, 5.41) is 7.13. The van der Waals surface area contributed by atoms with Crippen LogP contribution in [0.5, 0.6) is 0 Å². The molecule has 0 spiro atoms. The zero-order valence-electron chi connectivity index (χ0n) is 12.5. The number of carbonyl (C=O) groups excluding carboxylic acids is 1. The first kappa shape index (κ1) is 15.6. The number of carbonyl (C=O) groups is 1. The third kappa shape index (κ3) is 3.85. The van der Waals surface area contributed by atoms with Gasteiger partial charge in [0.05, 0.1) is 11.7 Å². The normalized spacial score (nSPS) is 12.4. The van der Waals surface area contributed by atoms with Gasteiger partial charge in [-0.05, 0) is 35.5 Å². The van der Waals surface area contributed by atoms with Crippen LogP contribution in [0, 0.1) is 5.92 Å². The van der Waals surface area contributed by atoms with E-state index in [1.54, 1.807) is 12.4 Å². The molecule has 0 aliphatic rings. The zero-order valence-corrected chi connectivity index (χ0v) is 13.4. The average molecular weight is 304 g/mol. The summed E-state index contributed by atoms with van der Waals surface area (Å²) >= 11 is 1.16. The van der Waals surface area contributed by atoms with Crippen LogP contribution >= 0.6 is 11.5 Å². The summed E-state index contributed by atoms with van der Waals surface area (Å²) in [7, 11) is 0. The maximum atomic E-state index is 12.5. The van der Waals surface area contributed by atoms with Crippen molar-refractivity contribution in [3.05, 3.63) is 40.7 Å². The fourth-order valence-electron chi connectivity index (χ4n) is 2.18. The Morgan fingerprint density at radius 2 is 2.24 bits per heavy atom. The second-order valence-corrected chi connectivity index (χ2v) is 6.03. The molecule has 0 bridgehead atoms. The van der Waals surface area contributed by atoms with Crippen LogP contribution in [0.4, 0.5) is 0 Å². The molecule has 1 amide bonds. The Balaban J connectivity index is 2.17. The maximum absolute atomic E-state index is 12.5. The van der Waals surface area contributed by atoms with E-state index in [0.717, 1.165) is 35.6 Å². The van der Waals surface area contributed by atoms with E-state index in [1.807, 2.05) is 12.1 Å². The molecule has 112 valence electrons. The highest BCUT2D eigenvalue weighted by Gasteiger charge is 2.22. The topological polar surface area (TPSA) is 67.8 Å². The van der Waals surface area contributed by atoms with E-state index in [1.165, 1.54) is 0 Å². The second kappa shape index (κ2) is 7.26. The molecule has 0 unspecified atom stereocenters. The number of hydrogen-bond donors (Lipinski definition) is 1. The van der Waals surface area contributed by atoms with Gasteiger partial charge in [-0.3, -0.25) is 9.78 Å². The summed E-state index contributed by atoms with van der Waals surface area (Å²) in [6.45, 7) is 6.22. The Hall–Kier alpha value is -1.82. The number of rotatable bonds is 6. The molecule has 0 radical (unpaired) electrons. The van der Waals surface area contributed by atoms with Crippen LogP contribution in [-0.2, 0) is 6.42 Å². The van der Waals surface area contributed by atoms with Gasteiger partial charge in [-0.2, -0.15) is 0 Å². The summed E-state index contributed by atoms with van der Waals surface area (Å²) < 4.78 is 3.91. The lowest BCUT2D eigenvalue weighted by Crippen LogP contribution is -2.31. The van der Waals surface area contributed by atoms with Crippen LogP contribution in [0.25, 0.3) is 0 Å². The lowest BCUT2D eigenvalue weighted by Gasteiger charge is -2.22. The Bertz CT molecular complexity index is 582. The largest absolute Gasteiger partial charge is 0.344 e. The molecule has 0 fully saturated rings. The summed E-state index contributed by atoms with van der Waals surface area (Å²) in [6, 6.07) is 3.80. The SMILES string of the molecule is CCCc1nnsc1C(=O)N[C@@H](c1cccnc1)C(C)C. The molecule has 2 heterocycles. The Morgan fingerprint density at radius 3 is 2.86 bits per heavy atom. The number of amides is 1. The van der Waals surface area contributed by atoms with Crippen molar-refractivity contribution in [1.29, 1.82) is 0 Å². The number of nitrogens with one attached hydrogen (secondary N) is 1. The van der Waals surface area contributed by atoms with Gasteiger partial charge in [0.15, 0.2) is 0 Å². The van der Waals surface area contributed by atoms with Crippen molar-refractivity contribution in [2.75, 3.05) is 0 Å². The monoisotopic (exact) mass is 304 g/mol. The molecule has 6 heteroatoms. The number of hydrogen-bond acceptors (Lipinski definition) is 5. The van der Waals surface area contributed by atoms with E-state index in [9.17, 15) is 4.79 Å². The van der Waals surface area contributed by atoms with Crippen LogP contribution in [0.3, 0.4) is 0 Å². The Morgan fingerprint density at radius 1 is 1.43 bits per heavy atom. The molecule has 21 heavy (non-hydrogen) atoms. The molecular weight excluding hydrogens is 284 g/mol. The van der Waals surface area contributed by atoms with E-state index in [2.05, 4.69) is 40.7 Å². The highest BCUT2D eigenvalue weighted by Crippen LogP contribution is 2.22. The number of aromatic nitrogens is 3.